The summed E-state index contributed by atoms with van der Waals surface area (Å²) >= 11 is 0. The van der Waals surface area contributed by atoms with E-state index in [9.17, 15) is 0 Å². The van der Waals surface area contributed by atoms with Gasteiger partial charge in [-0.1, -0.05) is 42.5 Å². The molecule has 19 heavy (non-hydrogen) atoms. The summed E-state index contributed by atoms with van der Waals surface area (Å²) in [7, 11) is 0. The van der Waals surface area contributed by atoms with Crippen molar-refractivity contribution in [1.82, 2.24) is 9.97 Å². The summed E-state index contributed by atoms with van der Waals surface area (Å²) in [5.41, 5.74) is 4.19. The van der Waals surface area contributed by atoms with Crippen LogP contribution < -0.4 is 4.74 Å². The number of para-hydroxylation sites is 1. The summed E-state index contributed by atoms with van der Waals surface area (Å²) in [5, 5.41) is 0. The minimum atomic E-state index is 0.548. The lowest BCUT2D eigenvalue weighted by molar-refractivity contribution is 0.298. The highest BCUT2D eigenvalue weighted by Crippen LogP contribution is 2.36. The van der Waals surface area contributed by atoms with Crippen molar-refractivity contribution in [1.29, 1.82) is 0 Å². The van der Waals surface area contributed by atoms with Crippen LogP contribution in [-0.4, -0.2) is 9.97 Å². The molecule has 92 valence electrons. The fourth-order valence-electron chi connectivity index (χ4n) is 2.41. The van der Waals surface area contributed by atoms with Gasteiger partial charge in [0.2, 0.25) is 0 Å². The number of nitrogens with one attached hydrogen (secondary N) is 1. The summed E-state index contributed by atoms with van der Waals surface area (Å²) in [5.74, 6) is 1.80. The molecule has 0 saturated heterocycles. The second-order valence-corrected chi connectivity index (χ2v) is 4.56. The molecule has 2 aromatic carbocycles. The van der Waals surface area contributed by atoms with E-state index in [2.05, 4.69) is 17.1 Å². The summed E-state index contributed by atoms with van der Waals surface area (Å²) in [4.78, 5) is 8.08. The van der Waals surface area contributed by atoms with Gasteiger partial charge in [-0.05, 0) is 12.1 Å². The fraction of sp³-hybridized carbons (Fsp3) is 0.0625. The molecule has 2 heterocycles. The van der Waals surface area contributed by atoms with Gasteiger partial charge in [0.05, 0.1) is 11.4 Å². The maximum atomic E-state index is 5.73. The second-order valence-electron chi connectivity index (χ2n) is 4.56. The third kappa shape index (κ3) is 1.63. The zero-order valence-corrected chi connectivity index (χ0v) is 10.3. The zero-order valence-electron chi connectivity index (χ0n) is 10.3. The Hall–Kier alpha value is -2.55. The van der Waals surface area contributed by atoms with Crippen LogP contribution in [0, 0.1) is 0 Å². The van der Waals surface area contributed by atoms with Gasteiger partial charge in [-0.2, -0.15) is 0 Å². The number of imidazole rings is 1. The molecule has 4 rings (SSSR count). The Labute approximate surface area is 110 Å². The van der Waals surface area contributed by atoms with Gasteiger partial charge in [0.1, 0.15) is 18.2 Å². The Bertz CT molecular complexity index is 732. The maximum absolute atomic E-state index is 5.73. The molecule has 0 aliphatic carbocycles. The number of nitrogens with zero attached hydrogens (tertiary/aromatic N) is 1. The molecule has 0 amide bonds. The van der Waals surface area contributed by atoms with Gasteiger partial charge in [0.25, 0.3) is 0 Å². The summed E-state index contributed by atoms with van der Waals surface area (Å²) in [6.45, 7) is 0.548. The highest BCUT2D eigenvalue weighted by molar-refractivity contribution is 5.73. The SMILES string of the molecule is c1ccc(-c2nc3c([nH]2)COc2ccccc2-3)cc1. The molecule has 1 N–H and O–H groups in total. The molecule has 0 atom stereocenters. The molecule has 3 nitrogen and oxygen atoms in total. The van der Waals surface area contributed by atoms with Gasteiger partial charge in [-0.15, -0.1) is 0 Å². The first-order valence-corrected chi connectivity index (χ1v) is 6.28. The lowest BCUT2D eigenvalue weighted by Gasteiger charge is -2.15. The molecule has 1 aliphatic heterocycles. The van der Waals surface area contributed by atoms with Crippen LogP contribution in [0.3, 0.4) is 0 Å². The first kappa shape index (κ1) is 10.4. The van der Waals surface area contributed by atoms with Gasteiger partial charge in [-0.3, -0.25) is 0 Å². The summed E-state index contributed by atoms with van der Waals surface area (Å²) in [6, 6.07) is 18.2. The van der Waals surface area contributed by atoms with Crippen LogP contribution in [0.2, 0.25) is 0 Å². The molecular formula is C16H12N2O. The first-order chi connectivity index (χ1) is 9.42. The van der Waals surface area contributed by atoms with Crippen LogP contribution in [0.15, 0.2) is 54.6 Å². The van der Waals surface area contributed by atoms with E-state index < -0.39 is 0 Å². The van der Waals surface area contributed by atoms with E-state index in [4.69, 9.17) is 9.72 Å². The van der Waals surface area contributed by atoms with Crippen LogP contribution >= 0.6 is 0 Å². The van der Waals surface area contributed by atoms with Gasteiger partial charge in [0, 0.05) is 11.1 Å². The van der Waals surface area contributed by atoms with Gasteiger partial charge >= 0.3 is 0 Å². The molecule has 0 fully saturated rings. The standard InChI is InChI=1S/C16H12N2O/c1-2-6-11(7-3-1)16-17-13-10-19-14-9-5-4-8-12(14)15(13)18-16/h1-9H,10H2,(H,17,18). The minimum absolute atomic E-state index is 0.548. The predicted octanol–water partition coefficient (Wildman–Crippen LogP) is 3.64. The number of aromatic amines is 1. The molecule has 0 spiro atoms. The van der Waals surface area contributed by atoms with Crippen molar-refractivity contribution in [2.24, 2.45) is 0 Å². The van der Waals surface area contributed by atoms with Gasteiger partial charge < -0.3 is 9.72 Å². The molecule has 1 aliphatic rings. The van der Waals surface area contributed by atoms with E-state index in [1.807, 2.05) is 42.5 Å². The summed E-state index contributed by atoms with van der Waals surface area (Å²) < 4.78 is 5.73. The van der Waals surface area contributed by atoms with Gasteiger partial charge in [-0.25, -0.2) is 4.98 Å². The third-order valence-electron chi connectivity index (χ3n) is 3.34. The molecule has 1 aromatic heterocycles. The summed E-state index contributed by atoms with van der Waals surface area (Å²) in [6.07, 6.45) is 0. The van der Waals surface area contributed by atoms with E-state index in [-0.39, 0.29) is 0 Å². The Kier molecular flexibility index (Phi) is 2.18. The third-order valence-corrected chi connectivity index (χ3v) is 3.34. The molecule has 3 aromatic rings. The molecule has 0 unspecified atom stereocenters. The molecule has 0 bridgehead atoms. The molecule has 3 heteroatoms. The zero-order chi connectivity index (χ0) is 12.7. The van der Waals surface area contributed by atoms with E-state index in [0.717, 1.165) is 34.1 Å². The van der Waals surface area contributed by atoms with Crippen molar-refractivity contribution in [3.05, 3.63) is 60.3 Å². The number of aromatic nitrogens is 2. The van der Waals surface area contributed by atoms with Crippen molar-refractivity contribution >= 4 is 0 Å². The highest BCUT2D eigenvalue weighted by atomic mass is 16.5. The number of fused-ring (bicyclic) bond motifs is 3. The van der Waals surface area contributed by atoms with Crippen LogP contribution in [0.25, 0.3) is 22.6 Å². The lowest BCUT2D eigenvalue weighted by atomic mass is 10.1. The van der Waals surface area contributed by atoms with Crippen molar-refractivity contribution < 1.29 is 4.74 Å². The Morgan fingerprint density at radius 2 is 1.74 bits per heavy atom. The van der Waals surface area contributed by atoms with Crippen molar-refractivity contribution in [2.45, 2.75) is 6.61 Å². The fourth-order valence-corrected chi connectivity index (χ4v) is 2.41. The largest absolute Gasteiger partial charge is 0.487 e. The van der Waals surface area contributed by atoms with E-state index in [0.29, 0.717) is 6.61 Å². The Morgan fingerprint density at radius 1 is 0.947 bits per heavy atom. The number of hydrogen-bond acceptors (Lipinski definition) is 2. The monoisotopic (exact) mass is 248 g/mol. The van der Waals surface area contributed by atoms with Crippen LogP contribution in [0.5, 0.6) is 5.75 Å². The number of H-pyrrole nitrogens is 1. The van der Waals surface area contributed by atoms with Gasteiger partial charge in [0.15, 0.2) is 0 Å². The predicted molar refractivity (Wildman–Crippen MR) is 73.8 cm³/mol. The van der Waals surface area contributed by atoms with Crippen molar-refractivity contribution in [3.63, 3.8) is 0 Å². The van der Waals surface area contributed by atoms with E-state index in [1.54, 1.807) is 0 Å². The van der Waals surface area contributed by atoms with Crippen molar-refractivity contribution in [3.8, 4) is 28.4 Å². The molecule has 0 radical (unpaired) electrons. The quantitative estimate of drug-likeness (QED) is 0.714. The Balaban J connectivity index is 1.88. The Morgan fingerprint density at radius 3 is 2.63 bits per heavy atom. The van der Waals surface area contributed by atoms with E-state index >= 15 is 0 Å². The number of hydrogen-bond donors (Lipinski definition) is 1. The first-order valence-electron chi connectivity index (χ1n) is 6.28. The average molecular weight is 248 g/mol. The van der Waals surface area contributed by atoms with Crippen LogP contribution in [-0.2, 0) is 6.61 Å². The molecule has 0 saturated carbocycles. The normalized spacial score (nSPS) is 12.4. The van der Waals surface area contributed by atoms with Crippen LogP contribution in [0.1, 0.15) is 5.69 Å². The number of ether oxygens (including phenoxy) is 1. The maximum Gasteiger partial charge on any atom is 0.138 e. The number of benzene rings is 2. The highest BCUT2D eigenvalue weighted by Gasteiger charge is 2.21. The number of rotatable bonds is 1. The lowest BCUT2D eigenvalue weighted by Crippen LogP contribution is -2.04. The minimum Gasteiger partial charge on any atom is -0.487 e. The average Bonchev–Trinajstić information content (AvgIpc) is 2.93. The van der Waals surface area contributed by atoms with E-state index in [1.165, 1.54) is 0 Å². The topological polar surface area (TPSA) is 37.9 Å². The second kappa shape index (κ2) is 3.99. The smallest absolute Gasteiger partial charge is 0.138 e. The molecular weight excluding hydrogens is 236 g/mol. The van der Waals surface area contributed by atoms with Crippen LogP contribution in [0.4, 0.5) is 0 Å². The van der Waals surface area contributed by atoms with Crippen molar-refractivity contribution in [2.75, 3.05) is 0 Å².